The van der Waals surface area contributed by atoms with Gasteiger partial charge in [-0.05, 0) is 29.0 Å². The maximum atomic E-state index is 11.7. The second-order valence-electron chi connectivity index (χ2n) is 6.36. The van der Waals surface area contributed by atoms with Crippen molar-refractivity contribution in [2.75, 3.05) is 0 Å². The molecular formula is C22H20O. The smallest absolute Gasteiger partial charge is 0.118 e. The lowest BCUT2D eigenvalue weighted by Gasteiger charge is -2.30. The molecule has 1 saturated carbocycles. The lowest BCUT2D eigenvalue weighted by molar-refractivity contribution is 0.0542. The third kappa shape index (κ3) is 2.47. The van der Waals surface area contributed by atoms with Gasteiger partial charge in [-0.2, -0.15) is 0 Å². The minimum Gasteiger partial charge on any atom is -0.380 e. The van der Waals surface area contributed by atoms with Crippen LogP contribution in [0.15, 0.2) is 91.0 Å². The number of aliphatic hydroxyl groups is 1. The molecule has 0 amide bonds. The molecular weight excluding hydrogens is 280 g/mol. The molecule has 1 fully saturated rings. The number of hydrogen-bond acceptors (Lipinski definition) is 1. The number of rotatable bonds is 4. The maximum Gasteiger partial charge on any atom is 0.118 e. The normalized spacial score (nSPS) is 20.2. The van der Waals surface area contributed by atoms with Crippen LogP contribution in [0.4, 0.5) is 0 Å². The van der Waals surface area contributed by atoms with Gasteiger partial charge < -0.3 is 5.11 Å². The van der Waals surface area contributed by atoms with Gasteiger partial charge in [0.15, 0.2) is 0 Å². The summed E-state index contributed by atoms with van der Waals surface area (Å²) < 4.78 is 0. The van der Waals surface area contributed by atoms with Gasteiger partial charge in [0, 0.05) is 5.92 Å². The molecule has 1 nitrogen and oxygen atoms in total. The molecule has 1 heteroatoms. The van der Waals surface area contributed by atoms with Gasteiger partial charge in [0.2, 0.25) is 0 Å². The summed E-state index contributed by atoms with van der Waals surface area (Å²) in [5.41, 5.74) is 2.36. The third-order valence-corrected chi connectivity index (χ3v) is 4.98. The largest absolute Gasteiger partial charge is 0.380 e. The Kier molecular flexibility index (Phi) is 3.51. The van der Waals surface area contributed by atoms with E-state index in [2.05, 4.69) is 24.3 Å². The van der Waals surface area contributed by atoms with Crippen LogP contribution in [0.25, 0.3) is 0 Å². The highest BCUT2D eigenvalue weighted by atomic mass is 16.3. The van der Waals surface area contributed by atoms with Gasteiger partial charge in [0.25, 0.3) is 0 Å². The minimum atomic E-state index is -0.928. The van der Waals surface area contributed by atoms with Gasteiger partial charge in [-0.3, -0.25) is 0 Å². The average molecular weight is 300 g/mol. The van der Waals surface area contributed by atoms with E-state index in [-0.39, 0.29) is 5.92 Å². The fourth-order valence-corrected chi connectivity index (χ4v) is 3.70. The van der Waals surface area contributed by atoms with Crippen molar-refractivity contribution in [2.45, 2.75) is 17.9 Å². The SMILES string of the molecule is OC(c1ccccc1)(c1ccccc1)[C@H]1C[C@@H]1c1ccccc1. The second-order valence-corrected chi connectivity index (χ2v) is 6.36. The quantitative estimate of drug-likeness (QED) is 0.739. The molecule has 3 aromatic carbocycles. The fraction of sp³-hybridized carbons (Fsp3) is 0.182. The first-order chi connectivity index (χ1) is 11.3. The van der Waals surface area contributed by atoms with Crippen molar-refractivity contribution in [3.8, 4) is 0 Å². The summed E-state index contributed by atoms with van der Waals surface area (Å²) in [6, 6.07) is 30.7. The Morgan fingerprint density at radius 3 is 1.57 bits per heavy atom. The van der Waals surface area contributed by atoms with Crippen LogP contribution >= 0.6 is 0 Å². The van der Waals surface area contributed by atoms with Crippen molar-refractivity contribution in [2.24, 2.45) is 5.92 Å². The Morgan fingerprint density at radius 1 is 0.652 bits per heavy atom. The topological polar surface area (TPSA) is 20.2 Å². The Morgan fingerprint density at radius 2 is 1.09 bits per heavy atom. The summed E-state index contributed by atoms with van der Waals surface area (Å²) in [4.78, 5) is 0. The van der Waals surface area contributed by atoms with Crippen LogP contribution in [-0.2, 0) is 5.60 Å². The summed E-state index contributed by atoms with van der Waals surface area (Å²) in [6.45, 7) is 0. The lowest BCUT2D eigenvalue weighted by atomic mass is 9.81. The highest BCUT2D eigenvalue weighted by Gasteiger charge is 2.54. The summed E-state index contributed by atoms with van der Waals surface area (Å²) in [7, 11) is 0. The van der Waals surface area contributed by atoms with E-state index in [0.29, 0.717) is 5.92 Å². The van der Waals surface area contributed by atoms with E-state index in [0.717, 1.165) is 17.5 Å². The van der Waals surface area contributed by atoms with Crippen molar-refractivity contribution in [1.29, 1.82) is 0 Å². The van der Waals surface area contributed by atoms with E-state index in [9.17, 15) is 5.11 Å². The summed E-state index contributed by atoms with van der Waals surface area (Å²) in [5, 5.41) is 11.7. The van der Waals surface area contributed by atoms with Crippen LogP contribution in [-0.4, -0.2) is 5.11 Å². The Labute approximate surface area is 137 Å². The van der Waals surface area contributed by atoms with Gasteiger partial charge in [0.1, 0.15) is 5.60 Å². The minimum absolute atomic E-state index is 0.217. The number of hydrogen-bond donors (Lipinski definition) is 1. The Balaban J connectivity index is 1.76. The zero-order chi connectivity index (χ0) is 15.7. The van der Waals surface area contributed by atoms with E-state index in [1.165, 1.54) is 5.56 Å². The molecule has 3 aromatic rings. The number of benzene rings is 3. The molecule has 23 heavy (non-hydrogen) atoms. The predicted octanol–water partition coefficient (Wildman–Crippen LogP) is 4.73. The standard InChI is InChI=1S/C22H20O/c23-22(18-12-6-2-7-13-18,19-14-8-3-9-15-19)21-16-20(21)17-10-4-1-5-11-17/h1-15,20-21,23H,16H2/t20-,21+/m1/s1. The molecule has 0 aromatic heterocycles. The summed E-state index contributed by atoms with van der Waals surface area (Å²) in [6.07, 6.45) is 1.02. The molecule has 2 atom stereocenters. The molecule has 0 aliphatic heterocycles. The molecule has 0 heterocycles. The first kappa shape index (κ1) is 14.2. The second kappa shape index (κ2) is 5.68. The average Bonchev–Trinajstić information content (AvgIpc) is 3.45. The molecule has 4 rings (SSSR count). The summed E-state index contributed by atoms with van der Waals surface area (Å²) >= 11 is 0. The maximum absolute atomic E-state index is 11.7. The van der Waals surface area contributed by atoms with Crippen LogP contribution < -0.4 is 0 Å². The monoisotopic (exact) mass is 300 g/mol. The molecule has 1 N–H and O–H groups in total. The molecule has 114 valence electrons. The van der Waals surface area contributed by atoms with E-state index < -0.39 is 5.60 Å². The van der Waals surface area contributed by atoms with Gasteiger partial charge in [-0.1, -0.05) is 91.0 Å². The van der Waals surface area contributed by atoms with E-state index in [1.807, 2.05) is 66.7 Å². The third-order valence-electron chi connectivity index (χ3n) is 4.98. The van der Waals surface area contributed by atoms with Crippen LogP contribution in [0.2, 0.25) is 0 Å². The van der Waals surface area contributed by atoms with Gasteiger partial charge >= 0.3 is 0 Å². The first-order valence-corrected chi connectivity index (χ1v) is 8.18. The van der Waals surface area contributed by atoms with E-state index in [4.69, 9.17) is 0 Å². The van der Waals surface area contributed by atoms with E-state index in [1.54, 1.807) is 0 Å². The molecule has 0 saturated heterocycles. The zero-order valence-corrected chi connectivity index (χ0v) is 13.0. The molecule has 0 spiro atoms. The van der Waals surface area contributed by atoms with Crippen LogP contribution in [0, 0.1) is 5.92 Å². The van der Waals surface area contributed by atoms with Crippen LogP contribution in [0.3, 0.4) is 0 Å². The van der Waals surface area contributed by atoms with Crippen molar-refractivity contribution >= 4 is 0 Å². The van der Waals surface area contributed by atoms with Crippen molar-refractivity contribution < 1.29 is 5.11 Å². The molecule has 0 radical (unpaired) electrons. The van der Waals surface area contributed by atoms with Crippen LogP contribution in [0.5, 0.6) is 0 Å². The first-order valence-electron chi connectivity index (χ1n) is 8.18. The highest BCUT2D eigenvalue weighted by molar-refractivity contribution is 5.42. The van der Waals surface area contributed by atoms with Gasteiger partial charge in [-0.25, -0.2) is 0 Å². The zero-order valence-electron chi connectivity index (χ0n) is 13.0. The highest BCUT2D eigenvalue weighted by Crippen LogP contribution is 2.58. The molecule has 0 bridgehead atoms. The van der Waals surface area contributed by atoms with Gasteiger partial charge in [-0.15, -0.1) is 0 Å². The Bertz CT molecular complexity index is 725. The van der Waals surface area contributed by atoms with Gasteiger partial charge in [0.05, 0.1) is 0 Å². The molecule has 1 aliphatic rings. The van der Waals surface area contributed by atoms with Crippen LogP contribution in [0.1, 0.15) is 29.0 Å². The van der Waals surface area contributed by atoms with Crippen molar-refractivity contribution in [1.82, 2.24) is 0 Å². The summed E-state index contributed by atoms with van der Waals surface area (Å²) in [5.74, 6) is 0.635. The molecule has 0 unspecified atom stereocenters. The van der Waals surface area contributed by atoms with Crippen molar-refractivity contribution in [3.05, 3.63) is 108 Å². The van der Waals surface area contributed by atoms with E-state index >= 15 is 0 Å². The molecule has 1 aliphatic carbocycles. The fourth-order valence-electron chi connectivity index (χ4n) is 3.70. The lowest BCUT2D eigenvalue weighted by Crippen LogP contribution is -2.30. The predicted molar refractivity (Wildman–Crippen MR) is 93.2 cm³/mol. The Hall–Kier alpha value is -2.38. The van der Waals surface area contributed by atoms with Crippen molar-refractivity contribution in [3.63, 3.8) is 0 Å².